The van der Waals surface area contributed by atoms with E-state index in [4.69, 9.17) is 5.11 Å². The lowest BCUT2D eigenvalue weighted by molar-refractivity contribution is -0.137. The van der Waals surface area contributed by atoms with E-state index in [0.717, 1.165) is 25.7 Å². The topological polar surface area (TPSA) is 98.0 Å². The SMILES string of the molecule is CCCCC[C@H](O)C=C[C@@H]1[C@@H](C/C=C/CCCC(=O)O)[C@@H](O)C[C@H]1O. The number of aliphatic hydroxyl groups excluding tert-OH is 3. The molecule has 1 rings (SSSR count). The number of aliphatic carboxylic acids is 1. The molecule has 0 unspecified atom stereocenters. The van der Waals surface area contributed by atoms with Gasteiger partial charge in [-0.05, 0) is 31.6 Å². The maximum atomic E-state index is 10.5. The molecule has 1 aliphatic carbocycles. The molecule has 0 aromatic carbocycles. The minimum absolute atomic E-state index is 0.0650. The Balaban J connectivity index is 2.46. The lowest BCUT2D eigenvalue weighted by Gasteiger charge is -2.19. The molecule has 0 bridgehead atoms. The van der Waals surface area contributed by atoms with Crippen molar-refractivity contribution in [2.75, 3.05) is 0 Å². The summed E-state index contributed by atoms with van der Waals surface area (Å²) in [6, 6.07) is 0. The third kappa shape index (κ3) is 8.66. The molecule has 1 saturated carbocycles. The van der Waals surface area contributed by atoms with Gasteiger partial charge in [-0.3, -0.25) is 4.79 Å². The van der Waals surface area contributed by atoms with Crippen molar-refractivity contribution in [1.29, 1.82) is 0 Å². The molecular formula is C20H34O5. The van der Waals surface area contributed by atoms with Crippen LogP contribution in [-0.4, -0.2) is 44.7 Å². The standard InChI is InChI=1S/C20H34O5/c1-2-3-6-9-15(21)12-13-17-16(18(22)14-19(17)23)10-7-4-5-8-11-20(24)25/h4,7,12-13,15-19,21-23H,2-3,5-6,8-11,14H2,1H3,(H,24,25)/b7-4+,13-12?/t15-,16+,17+,18-,19+/m0/s1. The van der Waals surface area contributed by atoms with E-state index >= 15 is 0 Å². The molecule has 5 atom stereocenters. The van der Waals surface area contributed by atoms with E-state index in [2.05, 4.69) is 6.92 Å². The molecule has 0 spiro atoms. The average Bonchev–Trinajstić information content (AvgIpc) is 2.82. The quantitative estimate of drug-likeness (QED) is 0.319. The minimum atomic E-state index is -0.787. The summed E-state index contributed by atoms with van der Waals surface area (Å²) in [4.78, 5) is 10.5. The van der Waals surface area contributed by atoms with Crippen LogP contribution in [0.3, 0.4) is 0 Å². The summed E-state index contributed by atoms with van der Waals surface area (Å²) in [5.74, 6) is -1.00. The summed E-state index contributed by atoms with van der Waals surface area (Å²) in [6.45, 7) is 2.12. The number of carboxylic acids is 1. The lowest BCUT2D eigenvalue weighted by Crippen LogP contribution is -2.20. The van der Waals surface area contributed by atoms with Crippen molar-refractivity contribution in [1.82, 2.24) is 0 Å². The van der Waals surface area contributed by atoms with Gasteiger partial charge in [-0.1, -0.05) is 50.5 Å². The Morgan fingerprint density at radius 2 is 1.92 bits per heavy atom. The molecule has 0 amide bonds. The number of carboxylic acid groups (broad SMARTS) is 1. The average molecular weight is 354 g/mol. The molecule has 5 heteroatoms. The van der Waals surface area contributed by atoms with Crippen LogP contribution in [-0.2, 0) is 4.79 Å². The number of carbonyl (C=O) groups is 1. The number of rotatable bonds is 12. The zero-order valence-corrected chi connectivity index (χ0v) is 15.3. The molecule has 0 aromatic rings. The highest BCUT2D eigenvalue weighted by Gasteiger charge is 2.39. The van der Waals surface area contributed by atoms with Crippen LogP contribution in [0.1, 0.15) is 64.7 Å². The Bertz CT molecular complexity index is 432. The maximum Gasteiger partial charge on any atom is 0.303 e. The van der Waals surface area contributed by atoms with Gasteiger partial charge in [-0.15, -0.1) is 0 Å². The van der Waals surface area contributed by atoms with E-state index in [-0.39, 0.29) is 18.3 Å². The van der Waals surface area contributed by atoms with Crippen molar-refractivity contribution in [2.45, 2.75) is 83.0 Å². The highest BCUT2D eigenvalue weighted by Crippen LogP contribution is 2.36. The molecule has 0 aromatic heterocycles. The van der Waals surface area contributed by atoms with E-state index in [0.29, 0.717) is 25.7 Å². The second kappa shape index (κ2) is 12.2. The first-order valence-corrected chi connectivity index (χ1v) is 9.55. The first-order chi connectivity index (χ1) is 12.0. The van der Waals surface area contributed by atoms with Gasteiger partial charge in [-0.25, -0.2) is 0 Å². The minimum Gasteiger partial charge on any atom is -0.481 e. The van der Waals surface area contributed by atoms with Crippen molar-refractivity contribution >= 4 is 5.97 Å². The second-order valence-corrected chi connectivity index (χ2v) is 7.05. The Kier molecular flexibility index (Phi) is 10.7. The highest BCUT2D eigenvalue weighted by atomic mass is 16.4. The summed E-state index contributed by atoms with van der Waals surface area (Å²) in [5, 5.41) is 39.0. The Morgan fingerprint density at radius 1 is 1.16 bits per heavy atom. The Hall–Kier alpha value is -1.17. The number of aliphatic hydroxyl groups is 3. The monoisotopic (exact) mass is 354 g/mol. The predicted octanol–water partition coefficient (Wildman–Crippen LogP) is 3.04. The lowest BCUT2D eigenvalue weighted by atomic mass is 9.89. The van der Waals surface area contributed by atoms with E-state index in [1.54, 1.807) is 6.08 Å². The van der Waals surface area contributed by atoms with Crippen molar-refractivity contribution in [2.24, 2.45) is 11.8 Å². The van der Waals surface area contributed by atoms with Gasteiger partial charge < -0.3 is 20.4 Å². The van der Waals surface area contributed by atoms with Crippen LogP contribution in [0.4, 0.5) is 0 Å². The number of hydrogen-bond acceptors (Lipinski definition) is 4. The third-order valence-electron chi connectivity index (χ3n) is 4.91. The Morgan fingerprint density at radius 3 is 2.60 bits per heavy atom. The van der Waals surface area contributed by atoms with Crippen LogP contribution in [0.2, 0.25) is 0 Å². The summed E-state index contributed by atoms with van der Waals surface area (Å²) in [6.07, 6.45) is 12.3. The largest absolute Gasteiger partial charge is 0.481 e. The van der Waals surface area contributed by atoms with Crippen molar-refractivity contribution < 1.29 is 25.2 Å². The molecule has 1 aliphatic rings. The summed E-state index contributed by atoms with van der Waals surface area (Å²) in [7, 11) is 0. The first kappa shape index (κ1) is 21.9. The van der Waals surface area contributed by atoms with Gasteiger partial charge in [0.15, 0.2) is 0 Å². The third-order valence-corrected chi connectivity index (χ3v) is 4.91. The van der Waals surface area contributed by atoms with Crippen LogP contribution in [0, 0.1) is 11.8 Å². The smallest absolute Gasteiger partial charge is 0.303 e. The summed E-state index contributed by atoms with van der Waals surface area (Å²) in [5.41, 5.74) is 0. The summed E-state index contributed by atoms with van der Waals surface area (Å²) >= 11 is 0. The number of unbranched alkanes of at least 4 members (excludes halogenated alkanes) is 3. The molecule has 0 saturated heterocycles. The molecule has 0 aliphatic heterocycles. The van der Waals surface area contributed by atoms with E-state index < -0.39 is 24.3 Å². The molecule has 4 N–H and O–H groups in total. The van der Waals surface area contributed by atoms with Gasteiger partial charge in [0.1, 0.15) is 0 Å². The second-order valence-electron chi connectivity index (χ2n) is 7.05. The zero-order valence-electron chi connectivity index (χ0n) is 15.3. The van der Waals surface area contributed by atoms with Crippen molar-refractivity contribution in [3.8, 4) is 0 Å². The molecule has 1 fully saturated rings. The van der Waals surface area contributed by atoms with Gasteiger partial charge in [0.2, 0.25) is 0 Å². The van der Waals surface area contributed by atoms with Gasteiger partial charge in [0.05, 0.1) is 18.3 Å². The van der Waals surface area contributed by atoms with E-state index in [1.165, 1.54) is 0 Å². The number of allylic oxidation sites excluding steroid dienone is 2. The van der Waals surface area contributed by atoms with Gasteiger partial charge in [0, 0.05) is 18.8 Å². The van der Waals surface area contributed by atoms with E-state index in [1.807, 2.05) is 18.2 Å². The number of hydrogen-bond donors (Lipinski definition) is 4. The molecule has 0 heterocycles. The van der Waals surface area contributed by atoms with Crippen molar-refractivity contribution in [3.05, 3.63) is 24.3 Å². The normalized spacial score (nSPS) is 28.2. The van der Waals surface area contributed by atoms with Gasteiger partial charge in [-0.2, -0.15) is 0 Å². The van der Waals surface area contributed by atoms with Crippen LogP contribution in [0.15, 0.2) is 24.3 Å². The summed E-state index contributed by atoms with van der Waals surface area (Å²) < 4.78 is 0. The first-order valence-electron chi connectivity index (χ1n) is 9.55. The Labute approximate surface area is 151 Å². The van der Waals surface area contributed by atoms with Crippen LogP contribution in [0.25, 0.3) is 0 Å². The molecular weight excluding hydrogens is 320 g/mol. The fourth-order valence-electron chi connectivity index (χ4n) is 3.41. The molecule has 25 heavy (non-hydrogen) atoms. The predicted molar refractivity (Wildman–Crippen MR) is 98.1 cm³/mol. The van der Waals surface area contributed by atoms with E-state index in [9.17, 15) is 20.1 Å². The molecule has 144 valence electrons. The zero-order chi connectivity index (χ0) is 18.7. The fourth-order valence-corrected chi connectivity index (χ4v) is 3.41. The van der Waals surface area contributed by atoms with Crippen LogP contribution < -0.4 is 0 Å². The highest BCUT2D eigenvalue weighted by molar-refractivity contribution is 5.66. The van der Waals surface area contributed by atoms with Gasteiger partial charge in [0.25, 0.3) is 0 Å². The van der Waals surface area contributed by atoms with Gasteiger partial charge >= 0.3 is 5.97 Å². The van der Waals surface area contributed by atoms with Crippen molar-refractivity contribution in [3.63, 3.8) is 0 Å². The molecule has 0 radical (unpaired) electrons. The maximum absolute atomic E-state index is 10.5. The fraction of sp³-hybridized carbons (Fsp3) is 0.750. The van der Waals surface area contributed by atoms with Crippen LogP contribution in [0.5, 0.6) is 0 Å². The van der Waals surface area contributed by atoms with Crippen LogP contribution >= 0.6 is 0 Å². The molecule has 5 nitrogen and oxygen atoms in total.